The molecule has 4 aliphatic carbocycles. The van der Waals surface area contributed by atoms with E-state index in [9.17, 15) is 0 Å². The summed E-state index contributed by atoms with van der Waals surface area (Å²) in [6, 6.07) is 44.0. The SMILES string of the molecule is CC1=[C]([Hf]([C]2=C(C)C(c3ccccc3)=CC2C)=[Si](C)C)C(C)C=C1c1ccccc1.CC1=[C]([Hf]([C]2=C(C)C(c3ccccc3)=CC2C)=[Si](C)C)C(C)C=C1c1ccccc1.Cl.Cl. The van der Waals surface area contributed by atoms with Crippen molar-refractivity contribution in [1.29, 1.82) is 0 Å². The Kier molecular flexibility index (Phi) is 18.1. The van der Waals surface area contributed by atoms with E-state index in [0.29, 0.717) is 23.7 Å². The second-order valence-corrected chi connectivity index (χ2v) is 64.7. The maximum Gasteiger partial charge on any atom is -0.147 e. The van der Waals surface area contributed by atoms with Crippen molar-refractivity contribution < 1.29 is 40.1 Å². The number of benzene rings is 4. The molecule has 0 amide bonds. The third-order valence-corrected chi connectivity index (χ3v) is 65.2. The van der Waals surface area contributed by atoms with E-state index < -0.39 is 40.1 Å². The minimum Gasteiger partial charge on any atom is -0.147 e. The molecule has 0 aliphatic heterocycles. The molecule has 0 N–H and O–H groups in total. The molecule has 0 bridgehead atoms. The Morgan fingerprint density at radius 1 is 0.323 bits per heavy atom. The predicted molar refractivity (Wildman–Crippen MR) is 275 cm³/mol. The quantitative estimate of drug-likeness (QED) is 0.154. The molecule has 0 spiro atoms. The zero-order valence-electron chi connectivity index (χ0n) is 39.0. The molecule has 320 valence electrons. The predicted octanol–water partition coefficient (Wildman–Crippen LogP) is 16.6. The Labute approximate surface area is 402 Å². The zero-order chi connectivity index (χ0) is 42.8. The van der Waals surface area contributed by atoms with Gasteiger partial charge in [0.15, 0.2) is 0 Å². The van der Waals surface area contributed by atoms with Crippen LogP contribution in [0.1, 0.15) is 77.6 Å². The van der Waals surface area contributed by atoms with Crippen LogP contribution in [0.4, 0.5) is 0 Å². The second kappa shape index (κ2) is 22.2. The van der Waals surface area contributed by atoms with Crippen molar-refractivity contribution in [1.82, 2.24) is 0 Å². The van der Waals surface area contributed by atoms with Crippen LogP contribution in [-0.2, 0) is 40.1 Å². The number of rotatable bonds is 8. The molecule has 4 unspecified atom stereocenters. The van der Waals surface area contributed by atoms with Crippen molar-refractivity contribution in [2.75, 3.05) is 0 Å². The van der Waals surface area contributed by atoms with Gasteiger partial charge in [0, 0.05) is 0 Å². The topological polar surface area (TPSA) is 0 Å². The van der Waals surface area contributed by atoms with Crippen LogP contribution in [0.25, 0.3) is 22.3 Å². The number of allylic oxidation sites excluding steroid dienone is 16. The monoisotopic (exact) mass is 1220 g/mol. The maximum absolute atomic E-state index is 2.59. The molecule has 0 aromatic heterocycles. The van der Waals surface area contributed by atoms with Gasteiger partial charge in [-0.15, -0.1) is 24.8 Å². The minimum absolute atomic E-state index is 0. The normalized spacial score (nSPS) is 20.5. The Morgan fingerprint density at radius 3 is 0.661 bits per heavy atom. The summed E-state index contributed by atoms with van der Waals surface area (Å²) in [5, 5.41) is 0. The molecular formula is C56H66Cl2Hf2Si2. The third kappa shape index (κ3) is 10.3. The first kappa shape index (κ1) is 50.6. The van der Waals surface area contributed by atoms with Crippen molar-refractivity contribution in [3.63, 3.8) is 0 Å². The van der Waals surface area contributed by atoms with E-state index in [4.69, 9.17) is 0 Å². The molecule has 0 radical (unpaired) electrons. The van der Waals surface area contributed by atoms with Crippen LogP contribution < -0.4 is 0 Å². The minimum atomic E-state index is -2.16. The molecule has 4 aliphatic rings. The van der Waals surface area contributed by atoms with Gasteiger partial charge in [0.05, 0.1) is 0 Å². The van der Waals surface area contributed by atoms with Crippen molar-refractivity contribution in [3.8, 4) is 0 Å². The average Bonchev–Trinajstić information content (AvgIpc) is 3.92. The van der Waals surface area contributed by atoms with E-state index in [1.165, 1.54) is 44.5 Å². The summed E-state index contributed by atoms with van der Waals surface area (Å²) in [4.78, 5) is 0. The van der Waals surface area contributed by atoms with Crippen molar-refractivity contribution in [2.45, 2.75) is 81.6 Å². The summed E-state index contributed by atoms with van der Waals surface area (Å²) < 4.78 is 7.51. The summed E-state index contributed by atoms with van der Waals surface area (Å²) >= 11 is -4.33. The molecule has 4 atom stereocenters. The summed E-state index contributed by atoms with van der Waals surface area (Å²) in [7, 11) is 0. The molecular weight excluding hydrogens is 1160 g/mol. The van der Waals surface area contributed by atoms with Gasteiger partial charge in [0.25, 0.3) is 0 Å². The van der Waals surface area contributed by atoms with Crippen LogP contribution in [0, 0.1) is 23.7 Å². The van der Waals surface area contributed by atoms with Gasteiger partial charge in [0.2, 0.25) is 0 Å². The molecule has 8 rings (SSSR count). The van der Waals surface area contributed by atoms with Crippen LogP contribution in [-0.4, -0.2) is 11.0 Å². The van der Waals surface area contributed by atoms with E-state index in [2.05, 4.69) is 227 Å². The van der Waals surface area contributed by atoms with E-state index in [0.717, 1.165) is 0 Å². The summed E-state index contributed by atoms with van der Waals surface area (Å²) in [5.41, 5.74) is 17.2. The van der Waals surface area contributed by atoms with Gasteiger partial charge in [-0.1, -0.05) is 0 Å². The smallest absolute Gasteiger partial charge is 0.147 e. The molecule has 4 aromatic carbocycles. The Balaban J connectivity index is 0.000000227. The van der Waals surface area contributed by atoms with Crippen molar-refractivity contribution in [2.24, 2.45) is 23.7 Å². The van der Waals surface area contributed by atoms with Crippen LogP contribution in [0.2, 0.25) is 26.2 Å². The molecule has 62 heavy (non-hydrogen) atoms. The number of halogens is 2. The van der Waals surface area contributed by atoms with E-state index in [-0.39, 0.29) is 35.8 Å². The molecule has 0 saturated carbocycles. The standard InChI is InChI=1S/4C13H13.2C2H6Si.2ClH.2Hf/c4*1-10-8-11(2)13(9-10)12-6-4-3-5-7-12;2*1-3-2;;;;/h4*3-7,9-10H,1-2H3;2*1-2H3;2*1H;;. The fourth-order valence-electron chi connectivity index (χ4n) is 10.5. The third-order valence-electron chi connectivity index (χ3n) is 13.1. The molecule has 4 aromatic rings. The first-order chi connectivity index (χ1) is 28.8. The van der Waals surface area contributed by atoms with E-state index in [1.807, 2.05) is 13.3 Å². The molecule has 0 fully saturated rings. The second-order valence-electron chi connectivity index (χ2n) is 17.8. The van der Waals surface area contributed by atoms with Gasteiger partial charge in [0.1, 0.15) is 0 Å². The van der Waals surface area contributed by atoms with Crippen LogP contribution in [0.3, 0.4) is 0 Å². The summed E-state index contributed by atoms with van der Waals surface area (Å²) in [6.07, 6.45) is 10.2. The van der Waals surface area contributed by atoms with Gasteiger partial charge in [-0.25, -0.2) is 0 Å². The van der Waals surface area contributed by atoms with Crippen LogP contribution in [0.15, 0.2) is 181 Å². The largest absolute Gasteiger partial charge is 0.147 e. The van der Waals surface area contributed by atoms with E-state index >= 15 is 0 Å². The zero-order valence-corrected chi connectivity index (χ0v) is 49.8. The summed E-state index contributed by atoms with van der Waals surface area (Å²) in [6.45, 7) is 29.8. The van der Waals surface area contributed by atoms with Gasteiger partial charge < -0.3 is 0 Å². The van der Waals surface area contributed by atoms with Crippen molar-refractivity contribution in [3.05, 3.63) is 203 Å². The fraction of sp³-hybridized carbons (Fsp3) is 0.286. The van der Waals surface area contributed by atoms with Crippen molar-refractivity contribution >= 4 is 58.1 Å². The molecule has 0 heterocycles. The number of hydrogen-bond donors (Lipinski definition) is 0. The fourth-order valence-corrected chi connectivity index (χ4v) is 66.7. The molecule has 0 saturated heterocycles. The van der Waals surface area contributed by atoms with E-state index in [1.54, 1.807) is 22.3 Å². The Morgan fingerprint density at radius 2 is 0.500 bits per heavy atom. The summed E-state index contributed by atoms with van der Waals surface area (Å²) in [5.74, 6) is 2.37. The van der Waals surface area contributed by atoms with Crippen LogP contribution in [0.5, 0.6) is 0 Å². The van der Waals surface area contributed by atoms with Gasteiger partial charge in [-0.2, -0.15) is 0 Å². The number of hydrogen-bond acceptors (Lipinski definition) is 0. The van der Waals surface area contributed by atoms with Gasteiger partial charge in [-0.3, -0.25) is 0 Å². The first-order valence-electron chi connectivity index (χ1n) is 22.1. The Bertz CT molecular complexity index is 2270. The molecule has 0 nitrogen and oxygen atoms in total. The maximum atomic E-state index is 2.59. The first-order valence-corrected chi connectivity index (χ1v) is 45.1. The average molecular weight is 1220 g/mol. The molecule has 6 heteroatoms. The Hall–Kier alpha value is -2.45. The van der Waals surface area contributed by atoms with Gasteiger partial charge in [-0.05, 0) is 0 Å². The van der Waals surface area contributed by atoms with Gasteiger partial charge >= 0.3 is 382 Å². The van der Waals surface area contributed by atoms with Crippen LogP contribution >= 0.6 is 24.8 Å².